The predicted octanol–water partition coefficient (Wildman–Crippen LogP) is 8.44. The first-order chi connectivity index (χ1) is 17.4. The van der Waals surface area contributed by atoms with Gasteiger partial charge in [-0.15, -0.1) is 0 Å². The average Bonchev–Trinajstić information content (AvgIpc) is 2.80. The number of esters is 1. The zero-order valence-electron chi connectivity index (χ0n) is 25.7. The highest BCUT2D eigenvalue weighted by Crippen LogP contribution is 2.75. The second kappa shape index (κ2) is 8.59. The Bertz CT molecular complexity index is 1040. The van der Waals surface area contributed by atoms with Crippen LogP contribution in [0.1, 0.15) is 127 Å². The third kappa shape index (κ3) is 3.73. The Balaban J connectivity index is 1.50. The number of hydrogen-bond donors (Lipinski definition) is 1. The Morgan fingerprint density at radius 2 is 1.45 bits per heavy atom. The molecule has 0 saturated heterocycles. The highest BCUT2D eigenvalue weighted by atomic mass is 16.5. The van der Waals surface area contributed by atoms with E-state index in [0.29, 0.717) is 18.3 Å². The van der Waals surface area contributed by atoms with Crippen LogP contribution in [-0.2, 0) is 14.3 Å². The molecule has 0 aromatic rings. The van der Waals surface area contributed by atoms with Crippen molar-refractivity contribution in [1.29, 1.82) is 0 Å². The van der Waals surface area contributed by atoms with Gasteiger partial charge in [0, 0.05) is 5.41 Å². The number of carbonyl (C=O) groups is 2. The molecule has 4 fully saturated rings. The largest absolute Gasteiger partial charge is 0.481 e. The van der Waals surface area contributed by atoms with Crippen LogP contribution in [-0.4, -0.2) is 23.1 Å². The van der Waals surface area contributed by atoms with E-state index >= 15 is 0 Å². The highest BCUT2D eigenvalue weighted by molar-refractivity contribution is 5.76. The van der Waals surface area contributed by atoms with Crippen molar-refractivity contribution in [3.05, 3.63) is 11.6 Å². The van der Waals surface area contributed by atoms with Gasteiger partial charge in [0.2, 0.25) is 0 Å². The number of aliphatic carboxylic acids is 1. The van der Waals surface area contributed by atoms with Gasteiger partial charge in [0.25, 0.3) is 0 Å². The molecule has 5 aliphatic rings. The van der Waals surface area contributed by atoms with Gasteiger partial charge in [0.15, 0.2) is 0 Å². The van der Waals surface area contributed by atoms with E-state index in [1.54, 1.807) is 5.57 Å². The normalized spacial score (nSPS) is 47.1. The molecule has 0 amide bonds. The summed E-state index contributed by atoms with van der Waals surface area (Å²) in [6.07, 6.45) is 12.6. The molecule has 0 bridgehead atoms. The summed E-state index contributed by atoms with van der Waals surface area (Å²) >= 11 is 0. The van der Waals surface area contributed by atoms with Crippen molar-refractivity contribution in [2.75, 3.05) is 0 Å². The molecule has 38 heavy (non-hydrogen) atoms. The fraction of sp³-hybridized carbons (Fsp3) is 0.882. The molecule has 0 aliphatic heterocycles. The van der Waals surface area contributed by atoms with Crippen LogP contribution < -0.4 is 0 Å². The number of hydrogen-bond acceptors (Lipinski definition) is 3. The average molecular weight is 527 g/mol. The molecule has 1 N–H and O–H groups in total. The van der Waals surface area contributed by atoms with E-state index in [1.807, 2.05) is 13.8 Å². The van der Waals surface area contributed by atoms with Gasteiger partial charge in [-0.05, 0) is 104 Å². The maximum Gasteiger partial charge on any atom is 0.310 e. The first-order valence-corrected chi connectivity index (χ1v) is 15.6. The van der Waals surface area contributed by atoms with E-state index in [2.05, 4.69) is 54.5 Å². The fourth-order valence-electron chi connectivity index (χ4n) is 11.3. The molecule has 214 valence electrons. The number of carbonyl (C=O) groups excluding carboxylic acids is 1. The van der Waals surface area contributed by atoms with Crippen LogP contribution in [0.15, 0.2) is 11.6 Å². The maximum atomic E-state index is 12.9. The Morgan fingerprint density at radius 3 is 2.05 bits per heavy atom. The van der Waals surface area contributed by atoms with Crippen molar-refractivity contribution in [2.45, 2.75) is 133 Å². The standard InChI is InChI=1S/C34H54O4/c1-21(2)27(35)38-26-13-16-31(7)22(30(26,5)6)10-14-32(8)23(31)11-15-33(9)24(32)12-17-34(28(36)37)19-18-29(3,4)20-25(33)34/h12,21-23,25-26H,10-11,13-20H2,1-9H3,(H,36,37)/t22-,23+,25-,26+,31-,32+,33+,34+/m0/s1. The second-order valence-corrected chi connectivity index (χ2v) is 16.7. The lowest BCUT2D eigenvalue weighted by Crippen LogP contribution is -2.64. The lowest BCUT2D eigenvalue weighted by atomic mass is 9.34. The number of fused-ring (bicyclic) bond motifs is 7. The first-order valence-electron chi connectivity index (χ1n) is 15.6. The van der Waals surface area contributed by atoms with Gasteiger partial charge in [-0.25, -0.2) is 0 Å². The summed E-state index contributed by atoms with van der Waals surface area (Å²) in [5.41, 5.74) is 1.43. The smallest absolute Gasteiger partial charge is 0.310 e. The summed E-state index contributed by atoms with van der Waals surface area (Å²) in [4.78, 5) is 25.5. The number of ether oxygens (including phenoxy) is 1. The van der Waals surface area contributed by atoms with Crippen molar-refractivity contribution < 1.29 is 19.4 Å². The minimum absolute atomic E-state index is 0.0109. The molecule has 0 heterocycles. The van der Waals surface area contributed by atoms with Gasteiger partial charge in [-0.3, -0.25) is 9.59 Å². The summed E-state index contributed by atoms with van der Waals surface area (Å²) < 4.78 is 6.13. The Hall–Kier alpha value is -1.32. The molecule has 5 aliphatic carbocycles. The van der Waals surface area contributed by atoms with Crippen LogP contribution in [0.2, 0.25) is 0 Å². The van der Waals surface area contributed by atoms with Crippen LogP contribution in [0.5, 0.6) is 0 Å². The zero-order chi connectivity index (χ0) is 28.1. The summed E-state index contributed by atoms with van der Waals surface area (Å²) in [7, 11) is 0. The Labute approximate surface area is 231 Å². The fourth-order valence-corrected chi connectivity index (χ4v) is 11.3. The summed E-state index contributed by atoms with van der Waals surface area (Å²) in [5, 5.41) is 10.6. The Morgan fingerprint density at radius 1 is 0.842 bits per heavy atom. The molecule has 4 saturated carbocycles. The van der Waals surface area contributed by atoms with Gasteiger partial charge in [-0.2, -0.15) is 0 Å². The van der Waals surface area contributed by atoms with Crippen LogP contribution >= 0.6 is 0 Å². The van der Waals surface area contributed by atoms with Gasteiger partial charge in [-0.1, -0.05) is 74.0 Å². The lowest BCUT2D eigenvalue weighted by molar-refractivity contribution is -0.203. The summed E-state index contributed by atoms with van der Waals surface area (Å²) in [6, 6.07) is 0. The second-order valence-electron chi connectivity index (χ2n) is 16.7. The number of carboxylic acids is 1. The topological polar surface area (TPSA) is 63.6 Å². The minimum Gasteiger partial charge on any atom is -0.481 e. The van der Waals surface area contributed by atoms with Crippen molar-refractivity contribution in [1.82, 2.24) is 0 Å². The quantitative estimate of drug-likeness (QED) is 0.296. The summed E-state index contributed by atoms with van der Waals surface area (Å²) in [6.45, 7) is 20.8. The van der Waals surface area contributed by atoms with E-state index in [-0.39, 0.29) is 51.0 Å². The molecule has 8 atom stereocenters. The lowest BCUT2D eigenvalue weighted by Gasteiger charge is -2.70. The van der Waals surface area contributed by atoms with Crippen molar-refractivity contribution >= 4 is 11.9 Å². The molecule has 0 unspecified atom stereocenters. The van der Waals surface area contributed by atoms with Crippen molar-refractivity contribution in [3.8, 4) is 0 Å². The van der Waals surface area contributed by atoms with E-state index in [0.717, 1.165) is 51.4 Å². The molecule has 0 aromatic carbocycles. The zero-order valence-corrected chi connectivity index (χ0v) is 25.7. The molecule has 4 heteroatoms. The predicted molar refractivity (Wildman–Crippen MR) is 151 cm³/mol. The van der Waals surface area contributed by atoms with Gasteiger partial charge in [0.1, 0.15) is 6.10 Å². The number of carboxylic acid groups (broad SMARTS) is 1. The first kappa shape index (κ1) is 28.2. The molecule has 0 spiro atoms. The molecule has 0 aromatic heterocycles. The van der Waals surface area contributed by atoms with Crippen molar-refractivity contribution in [3.63, 3.8) is 0 Å². The van der Waals surface area contributed by atoms with Crippen LogP contribution in [0, 0.1) is 56.2 Å². The van der Waals surface area contributed by atoms with Gasteiger partial charge < -0.3 is 9.84 Å². The summed E-state index contributed by atoms with van der Waals surface area (Å²) in [5.74, 6) is 0.599. The third-order valence-corrected chi connectivity index (χ3v) is 13.4. The minimum atomic E-state index is -0.599. The molecular formula is C34H54O4. The van der Waals surface area contributed by atoms with E-state index in [4.69, 9.17) is 4.74 Å². The Kier molecular flexibility index (Phi) is 6.38. The molecule has 0 radical (unpaired) electrons. The van der Waals surface area contributed by atoms with Crippen molar-refractivity contribution in [2.24, 2.45) is 56.2 Å². The molecule has 5 rings (SSSR count). The highest BCUT2D eigenvalue weighted by Gasteiger charge is 2.68. The van der Waals surface area contributed by atoms with Crippen LogP contribution in [0.25, 0.3) is 0 Å². The molecular weight excluding hydrogens is 472 g/mol. The van der Waals surface area contributed by atoms with Gasteiger partial charge >= 0.3 is 11.9 Å². The third-order valence-electron chi connectivity index (χ3n) is 13.4. The molecule has 4 nitrogen and oxygen atoms in total. The van der Waals surface area contributed by atoms with E-state index in [1.165, 1.54) is 6.42 Å². The van der Waals surface area contributed by atoms with E-state index < -0.39 is 11.4 Å². The van der Waals surface area contributed by atoms with Gasteiger partial charge in [0.05, 0.1) is 11.3 Å². The monoisotopic (exact) mass is 526 g/mol. The SMILES string of the molecule is CC(C)C(=O)O[C@@H]1CC[C@]2(C)[C@H]3CC[C@]4(C)C(=CC[C@@]5(C(=O)O)CCC(C)(C)C[C@H]54)[C@]3(C)CC[C@H]2C1(C)C. The maximum absolute atomic E-state index is 12.9. The van der Waals surface area contributed by atoms with Crippen LogP contribution in [0.4, 0.5) is 0 Å². The number of allylic oxidation sites excluding steroid dienone is 2. The number of rotatable bonds is 3. The van der Waals surface area contributed by atoms with E-state index in [9.17, 15) is 14.7 Å². The van der Waals surface area contributed by atoms with Crippen LogP contribution in [0.3, 0.4) is 0 Å².